The number of nitro groups is 1. The molecule has 0 aliphatic heterocycles. The third-order valence-electron chi connectivity index (χ3n) is 3.24. The Hall–Kier alpha value is -2.90. The molecule has 0 aliphatic carbocycles. The fraction of sp³-hybridized carbons (Fsp3) is 0.333. The molecular weight excluding hydrogens is 298 g/mol. The van der Waals surface area contributed by atoms with Crippen molar-refractivity contribution in [3.63, 3.8) is 0 Å². The van der Waals surface area contributed by atoms with E-state index < -0.39 is 4.92 Å². The number of nitro benzene ring substituents is 1. The second kappa shape index (κ2) is 7.92. The van der Waals surface area contributed by atoms with Gasteiger partial charge in [-0.25, -0.2) is 4.79 Å². The van der Waals surface area contributed by atoms with Crippen LogP contribution in [-0.2, 0) is 13.1 Å². The number of amides is 2. The summed E-state index contributed by atoms with van der Waals surface area (Å²) in [6, 6.07) is 7.74. The van der Waals surface area contributed by atoms with Crippen molar-refractivity contribution >= 4 is 11.7 Å². The van der Waals surface area contributed by atoms with Crippen LogP contribution in [0.2, 0.25) is 0 Å². The lowest BCUT2D eigenvalue weighted by Gasteiger charge is -2.13. The Labute approximate surface area is 133 Å². The summed E-state index contributed by atoms with van der Waals surface area (Å²) in [7, 11) is 0. The number of non-ortho nitro benzene ring substituents is 1. The molecule has 0 fully saturated rings. The minimum absolute atomic E-state index is 0.0116. The third-order valence-corrected chi connectivity index (χ3v) is 3.24. The molecule has 8 heteroatoms. The van der Waals surface area contributed by atoms with E-state index >= 15 is 0 Å². The summed E-state index contributed by atoms with van der Waals surface area (Å²) >= 11 is 0. The summed E-state index contributed by atoms with van der Waals surface area (Å²) < 4.78 is 1.81. The van der Waals surface area contributed by atoms with Crippen LogP contribution < -0.4 is 10.6 Å². The van der Waals surface area contributed by atoms with Gasteiger partial charge >= 0.3 is 6.03 Å². The number of nitrogens with one attached hydrogen (secondary N) is 2. The number of urea groups is 1. The highest BCUT2D eigenvalue weighted by molar-refractivity contribution is 5.73. The van der Waals surface area contributed by atoms with E-state index in [9.17, 15) is 14.9 Å². The average molecular weight is 317 g/mol. The van der Waals surface area contributed by atoms with Gasteiger partial charge in [-0.3, -0.25) is 14.8 Å². The van der Waals surface area contributed by atoms with Gasteiger partial charge in [0.05, 0.1) is 4.92 Å². The van der Waals surface area contributed by atoms with E-state index in [-0.39, 0.29) is 24.2 Å². The second-order valence-electron chi connectivity index (χ2n) is 5.32. The minimum atomic E-state index is -0.458. The Morgan fingerprint density at radius 2 is 2.22 bits per heavy atom. The molecule has 1 aromatic carbocycles. The fourth-order valence-electron chi connectivity index (χ4n) is 2.08. The molecule has 0 aliphatic rings. The van der Waals surface area contributed by atoms with Crippen molar-refractivity contribution in [3.8, 4) is 0 Å². The molecule has 2 aromatic rings. The molecule has 0 saturated carbocycles. The third kappa shape index (κ3) is 5.42. The van der Waals surface area contributed by atoms with E-state index in [1.165, 1.54) is 12.1 Å². The smallest absolute Gasteiger partial charge is 0.315 e. The van der Waals surface area contributed by atoms with Gasteiger partial charge in [0.1, 0.15) is 0 Å². The SMILES string of the molecule is CC(CNC(=O)NCc1cccc([N+](=O)[O-])c1)Cn1cccn1. The lowest BCUT2D eigenvalue weighted by atomic mass is 10.2. The molecule has 23 heavy (non-hydrogen) atoms. The lowest BCUT2D eigenvalue weighted by molar-refractivity contribution is -0.384. The normalized spacial score (nSPS) is 11.7. The van der Waals surface area contributed by atoms with Crippen LogP contribution >= 0.6 is 0 Å². The Morgan fingerprint density at radius 3 is 2.91 bits per heavy atom. The summed E-state index contributed by atoms with van der Waals surface area (Å²) in [6.45, 7) is 3.49. The molecule has 0 saturated heterocycles. The molecule has 1 heterocycles. The number of rotatable bonds is 7. The Balaban J connectivity index is 1.72. The van der Waals surface area contributed by atoms with Gasteiger partial charge in [-0.2, -0.15) is 5.10 Å². The first-order valence-electron chi connectivity index (χ1n) is 7.27. The standard InChI is InChI=1S/C15H19N5O3/c1-12(11-19-7-3-6-18-19)9-16-15(21)17-10-13-4-2-5-14(8-13)20(22)23/h2-8,12H,9-11H2,1H3,(H2,16,17,21). The second-order valence-corrected chi connectivity index (χ2v) is 5.32. The van der Waals surface area contributed by atoms with Gasteiger partial charge in [0.2, 0.25) is 0 Å². The van der Waals surface area contributed by atoms with E-state index in [0.717, 1.165) is 6.54 Å². The maximum Gasteiger partial charge on any atom is 0.315 e. The number of nitrogens with zero attached hydrogens (tertiary/aromatic N) is 3. The van der Waals surface area contributed by atoms with Crippen LogP contribution in [0.15, 0.2) is 42.7 Å². The molecule has 1 atom stereocenters. The van der Waals surface area contributed by atoms with Crippen LogP contribution in [0.5, 0.6) is 0 Å². The van der Waals surface area contributed by atoms with Gasteiger partial charge in [0.15, 0.2) is 0 Å². The number of benzene rings is 1. The van der Waals surface area contributed by atoms with Crippen molar-refractivity contribution in [2.45, 2.75) is 20.0 Å². The van der Waals surface area contributed by atoms with E-state index in [4.69, 9.17) is 0 Å². The Kier molecular flexibility index (Phi) is 5.67. The zero-order valence-corrected chi connectivity index (χ0v) is 12.8. The number of hydrogen-bond donors (Lipinski definition) is 2. The largest absolute Gasteiger partial charge is 0.338 e. The zero-order chi connectivity index (χ0) is 16.7. The van der Waals surface area contributed by atoms with Crippen LogP contribution in [0.4, 0.5) is 10.5 Å². The molecular formula is C15H19N5O3. The van der Waals surface area contributed by atoms with Crippen molar-refractivity contribution in [1.29, 1.82) is 0 Å². The van der Waals surface area contributed by atoms with Crippen LogP contribution in [0.25, 0.3) is 0 Å². The molecule has 1 aromatic heterocycles. The van der Waals surface area contributed by atoms with Crippen LogP contribution in [-0.4, -0.2) is 27.3 Å². The quantitative estimate of drug-likeness (QED) is 0.601. The van der Waals surface area contributed by atoms with Crippen molar-refractivity contribution in [1.82, 2.24) is 20.4 Å². The Morgan fingerprint density at radius 1 is 1.39 bits per heavy atom. The maximum absolute atomic E-state index is 11.8. The van der Waals surface area contributed by atoms with E-state index in [1.807, 2.05) is 23.9 Å². The predicted molar refractivity (Wildman–Crippen MR) is 84.7 cm³/mol. The summed E-state index contributed by atoms with van der Waals surface area (Å²) in [6.07, 6.45) is 3.59. The van der Waals surface area contributed by atoms with Crippen molar-refractivity contribution in [2.75, 3.05) is 6.54 Å². The molecule has 2 rings (SSSR count). The highest BCUT2D eigenvalue weighted by Crippen LogP contribution is 2.12. The highest BCUT2D eigenvalue weighted by Gasteiger charge is 2.08. The summed E-state index contributed by atoms with van der Waals surface area (Å²) in [4.78, 5) is 22.0. The van der Waals surface area contributed by atoms with Crippen molar-refractivity contribution in [3.05, 3.63) is 58.4 Å². The monoisotopic (exact) mass is 317 g/mol. The van der Waals surface area contributed by atoms with Crippen LogP contribution in [0, 0.1) is 16.0 Å². The fourth-order valence-corrected chi connectivity index (χ4v) is 2.08. The first kappa shape index (κ1) is 16.5. The first-order chi connectivity index (χ1) is 11.0. The first-order valence-corrected chi connectivity index (χ1v) is 7.27. The zero-order valence-electron chi connectivity index (χ0n) is 12.8. The number of carbonyl (C=O) groups excluding carboxylic acids is 1. The molecule has 0 radical (unpaired) electrons. The summed E-state index contributed by atoms with van der Waals surface area (Å²) in [5.74, 6) is 0.235. The summed E-state index contributed by atoms with van der Waals surface area (Å²) in [5.41, 5.74) is 0.691. The van der Waals surface area contributed by atoms with E-state index in [1.54, 1.807) is 18.3 Å². The van der Waals surface area contributed by atoms with Crippen molar-refractivity contribution < 1.29 is 9.72 Å². The molecule has 8 nitrogen and oxygen atoms in total. The number of carbonyl (C=O) groups is 1. The van der Waals surface area contributed by atoms with Crippen molar-refractivity contribution in [2.24, 2.45) is 5.92 Å². The van der Waals surface area contributed by atoms with Gasteiger partial charge < -0.3 is 10.6 Å². The molecule has 0 bridgehead atoms. The van der Waals surface area contributed by atoms with E-state index in [0.29, 0.717) is 12.1 Å². The number of aromatic nitrogens is 2. The highest BCUT2D eigenvalue weighted by atomic mass is 16.6. The van der Waals surface area contributed by atoms with Gasteiger partial charge in [-0.1, -0.05) is 19.1 Å². The Bertz CT molecular complexity index is 657. The average Bonchev–Trinajstić information content (AvgIpc) is 3.04. The lowest BCUT2D eigenvalue weighted by Crippen LogP contribution is -2.38. The van der Waals surface area contributed by atoms with Gasteiger partial charge in [-0.05, 0) is 17.5 Å². The molecule has 0 spiro atoms. The number of hydrogen-bond acceptors (Lipinski definition) is 4. The van der Waals surface area contributed by atoms with Gasteiger partial charge in [-0.15, -0.1) is 0 Å². The van der Waals surface area contributed by atoms with E-state index in [2.05, 4.69) is 15.7 Å². The molecule has 2 N–H and O–H groups in total. The summed E-state index contributed by atoms with van der Waals surface area (Å²) in [5, 5.41) is 20.3. The van der Waals surface area contributed by atoms with Gasteiger partial charge in [0, 0.05) is 44.2 Å². The van der Waals surface area contributed by atoms with Gasteiger partial charge in [0.25, 0.3) is 5.69 Å². The maximum atomic E-state index is 11.8. The van der Waals surface area contributed by atoms with Crippen LogP contribution in [0.1, 0.15) is 12.5 Å². The van der Waals surface area contributed by atoms with Crippen LogP contribution in [0.3, 0.4) is 0 Å². The minimum Gasteiger partial charge on any atom is -0.338 e. The molecule has 122 valence electrons. The topological polar surface area (TPSA) is 102 Å². The predicted octanol–water partition coefficient (Wildman–Crippen LogP) is 1.93. The molecule has 2 amide bonds. The molecule has 1 unspecified atom stereocenters.